The van der Waals surface area contributed by atoms with Gasteiger partial charge in [-0.15, -0.1) is 0 Å². The van der Waals surface area contributed by atoms with Crippen molar-refractivity contribution in [1.82, 2.24) is 10.1 Å². The molecule has 0 radical (unpaired) electrons. The Kier molecular flexibility index (Phi) is 16.2. The first-order chi connectivity index (χ1) is 24.1. The molecule has 0 N–H and O–H groups in total. The normalized spacial score (nSPS) is 19.5. The third kappa shape index (κ3) is 10.2. The van der Waals surface area contributed by atoms with Gasteiger partial charge in [0, 0.05) is 26.2 Å². The van der Waals surface area contributed by atoms with E-state index in [9.17, 15) is 61.6 Å². The van der Waals surface area contributed by atoms with Crippen LogP contribution in [0.2, 0.25) is 0 Å². The first-order valence-corrected chi connectivity index (χ1v) is 17.5. The van der Waals surface area contributed by atoms with Crippen molar-refractivity contribution in [2.75, 3.05) is 59.2 Å². The summed E-state index contributed by atoms with van der Waals surface area (Å²) in [5, 5.41) is 1.69. The average Bonchev–Trinajstić information content (AvgIpc) is 3.05. The van der Waals surface area contributed by atoms with Crippen molar-refractivity contribution in [3.05, 3.63) is 0 Å². The highest BCUT2D eigenvalue weighted by atomic mass is 31.2. The van der Waals surface area contributed by atoms with Crippen molar-refractivity contribution < 1.29 is 102 Å². The molecule has 0 amide bonds. The highest BCUT2D eigenvalue weighted by Gasteiger charge is 2.95. The zero-order chi connectivity index (χ0) is 40.8. The molecule has 2 aliphatic rings. The second-order valence-electron chi connectivity index (χ2n) is 12.2. The summed E-state index contributed by atoms with van der Waals surface area (Å²) in [4.78, 5) is 0. The summed E-state index contributed by atoms with van der Waals surface area (Å²) >= 11 is 0. The second-order valence-corrected chi connectivity index (χ2v) is 13.6. The van der Waals surface area contributed by atoms with Crippen molar-refractivity contribution in [3.63, 3.8) is 0 Å². The lowest BCUT2D eigenvalue weighted by molar-refractivity contribution is -0.463. The van der Waals surface area contributed by atoms with Gasteiger partial charge in [0.15, 0.2) is 0 Å². The molecule has 0 aliphatic carbocycles. The molecular formula is C27H38F17N2O6P. The van der Waals surface area contributed by atoms with Gasteiger partial charge < -0.3 is 9.47 Å². The average molecular weight is 841 g/mol. The Morgan fingerprint density at radius 3 is 1.30 bits per heavy atom. The summed E-state index contributed by atoms with van der Waals surface area (Å²) in [5.41, 5.74) is 0. The van der Waals surface area contributed by atoms with Gasteiger partial charge >= 0.3 is 55.5 Å². The fourth-order valence-electron chi connectivity index (χ4n) is 4.93. The van der Waals surface area contributed by atoms with Crippen molar-refractivity contribution in [1.29, 1.82) is 0 Å². The van der Waals surface area contributed by atoms with Crippen LogP contribution in [0.25, 0.3) is 0 Å². The van der Waals surface area contributed by atoms with Crippen LogP contribution in [-0.4, -0.2) is 117 Å². The standard InChI is InChI=1S/C27H38F17N2O6P/c1-2-3-4-5-6-7-8-9-19(18-50-53(47,51-45-10-14-48-15-11-45)52-46-12-16-49-17-13-46)20(28,29)21(30,31)22(32,33)23(34,35)24(36,37)25(38,39)26(40,41)27(42,43)44/h19H,2-18H2,1H3. The number of hydrogen-bond acceptors (Lipinski definition) is 8. The van der Waals surface area contributed by atoms with Gasteiger partial charge in [-0.05, 0) is 6.42 Å². The zero-order valence-electron chi connectivity index (χ0n) is 27.8. The molecule has 2 saturated heterocycles. The second kappa shape index (κ2) is 17.9. The number of morpholine rings is 2. The monoisotopic (exact) mass is 840 g/mol. The van der Waals surface area contributed by atoms with Gasteiger partial charge in [0.1, 0.15) is 0 Å². The number of rotatable bonds is 22. The van der Waals surface area contributed by atoms with E-state index in [1.54, 1.807) is 0 Å². The molecule has 0 aromatic carbocycles. The molecule has 0 aromatic heterocycles. The SMILES string of the molecule is CCCCCCCCCC(COP(=O)(ON1CCOCC1)ON1CCOCC1)C(F)(F)C(F)(F)C(F)(F)C(F)(F)C(F)(F)C(F)(F)C(F)(F)C(F)(F)F. The predicted octanol–water partition coefficient (Wildman–Crippen LogP) is 9.40. The Morgan fingerprint density at radius 1 is 0.547 bits per heavy atom. The Balaban J connectivity index is 2.53. The molecule has 316 valence electrons. The molecule has 2 fully saturated rings. The van der Waals surface area contributed by atoms with Crippen LogP contribution >= 0.6 is 7.82 Å². The molecule has 2 heterocycles. The van der Waals surface area contributed by atoms with Gasteiger partial charge in [0.25, 0.3) is 0 Å². The highest BCUT2D eigenvalue weighted by Crippen LogP contribution is 2.65. The minimum Gasteiger partial charge on any atom is -0.379 e. The van der Waals surface area contributed by atoms with Crippen LogP contribution in [0.1, 0.15) is 58.3 Å². The fraction of sp³-hybridized carbons (Fsp3) is 1.00. The molecule has 0 spiro atoms. The van der Waals surface area contributed by atoms with Crippen LogP contribution in [-0.2, 0) is 27.8 Å². The summed E-state index contributed by atoms with van der Waals surface area (Å²) < 4.78 is 278. The van der Waals surface area contributed by atoms with Crippen molar-refractivity contribution >= 4 is 7.82 Å². The Bertz CT molecular complexity index is 1160. The maximum atomic E-state index is 15.5. The van der Waals surface area contributed by atoms with Crippen LogP contribution in [0, 0.1) is 5.92 Å². The minimum atomic E-state index is -8.75. The fourth-order valence-corrected chi connectivity index (χ4v) is 6.31. The number of alkyl halides is 17. The van der Waals surface area contributed by atoms with Gasteiger partial charge in [-0.25, -0.2) is 4.57 Å². The summed E-state index contributed by atoms with van der Waals surface area (Å²) in [6, 6.07) is 0. The van der Waals surface area contributed by atoms with Gasteiger partial charge in [-0.3, -0.25) is 4.52 Å². The molecule has 8 nitrogen and oxygen atoms in total. The third-order valence-electron chi connectivity index (χ3n) is 8.22. The maximum absolute atomic E-state index is 15.5. The smallest absolute Gasteiger partial charge is 0.379 e. The molecular weight excluding hydrogens is 802 g/mol. The topological polar surface area (TPSA) is 69.7 Å². The van der Waals surface area contributed by atoms with Crippen LogP contribution in [0.3, 0.4) is 0 Å². The Hall–Kier alpha value is -1.24. The number of nitrogens with zero attached hydrogens (tertiary/aromatic N) is 2. The molecule has 0 aromatic rings. The zero-order valence-corrected chi connectivity index (χ0v) is 28.7. The number of ether oxygens (including phenoxy) is 2. The first-order valence-electron chi connectivity index (χ1n) is 16.1. The lowest BCUT2D eigenvalue weighted by atomic mass is 9.83. The van der Waals surface area contributed by atoms with Crippen LogP contribution in [0.5, 0.6) is 0 Å². The summed E-state index contributed by atoms with van der Waals surface area (Å²) in [6.45, 7) is -1.37. The summed E-state index contributed by atoms with van der Waals surface area (Å²) in [7, 11) is -5.33. The van der Waals surface area contributed by atoms with Crippen LogP contribution < -0.4 is 0 Å². The van der Waals surface area contributed by atoms with E-state index in [-0.39, 0.29) is 65.4 Å². The summed E-state index contributed by atoms with van der Waals surface area (Å²) in [6.07, 6.45) is -7.32. The molecule has 0 saturated carbocycles. The number of halogens is 17. The molecule has 1 unspecified atom stereocenters. The van der Waals surface area contributed by atoms with Gasteiger partial charge in [-0.2, -0.15) is 94.0 Å². The Morgan fingerprint density at radius 2 is 0.906 bits per heavy atom. The van der Waals surface area contributed by atoms with E-state index in [4.69, 9.17) is 23.2 Å². The number of hydrogen-bond donors (Lipinski definition) is 0. The molecule has 0 bridgehead atoms. The molecule has 1 atom stereocenters. The quantitative estimate of drug-likeness (QED) is 0.0608. The van der Waals surface area contributed by atoms with Crippen molar-refractivity contribution in [2.45, 2.75) is 106 Å². The van der Waals surface area contributed by atoms with Gasteiger partial charge in [-0.1, -0.05) is 51.9 Å². The molecule has 26 heteroatoms. The minimum absolute atomic E-state index is 0.0788. The number of hydroxylamine groups is 4. The molecule has 2 aliphatic heterocycles. The first kappa shape index (κ1) is 47.9. The van der Waals surface area contributed by atoms with E-state index >= 15 is 17.6 Å². The van der Waals surface area contributed by atoms with E-state index < -0.39 is 80.8 Å². The number of unbranched alkanes of at least 4 members (excludes halogenated alkanes) is 6. The predicted molar refractivity (Wildman–Crippen MR) is 147 cm³/mol. The largest absolute Gasteiger partial charge is 0.508 e. The van der Waals surface area contributed by atoms with Gasteiger partial charge in [0.2, 0.25) is 0 Å². The van der Waals surface area contributed by atoms with Crippen molar-refractivity contribution in [3.8, 4) is 0 Å². The van der Waals surface area contributed by atoms with E-state index in [1.165, 1.54) is 0 Å². The van der Waals surface area contributed by atoms with Crippen LogP contribution in [0.15, 0.2) is 0 Å². The van der Waals surface area contributed by atoms with Crippen molar-refractivity contribution in [2.24, 2.45) is 5.92 Å². The maximum Gasteiger partial charge on any atom is 0.508 e. The van der Waals surface area contributed by atoms with E-state index in [0.29, 0.717) is 19.3 Å². The van der Waals surface area contributed by atoms with E-state index in [2.05, 4.69) is 0 Å². The Labute approximate surface area is 292 Å². The van der Waals surface area contributed by atoms with Crippen LogP contribution in [0.4, 0.5) is 74.6 Å². The highest BCUT2D eigenvalue weighted by molar-refractivity contribution is 7.48. The number of phosphoric acid groups is 1. The lowest BCUT2D eigenvalue weighted by Gasteiger charge is -2.44. The summed E-state index contributed by atoms with van der Waals surface area (Å²) in [5.74, 6) is -61.0. The third-order valence-corrected chi connectivity index (χ3v) is 9.55. The molecule has 53 heavy (non-hydrogen) atoms. The van der Waals surface area contributed by atoms with E-state index in [1.807, 2.05) is 6.92 Å². The molecule has 2 rings (SSSR count). The van der Waals surface area contributed by atoms with E-state index in [0.717, 1.165) is 16.5 Å². The lowest BCUT2D eigenvalue weighted by Crippen LogP contribution is -2.75. The van der Waals surface area contributed by atoms with Gasteiger partial charge in [0.05, 0.1) is 39.0 Å².